The van der Waals surface area contributed by atoms with Crippen LogP contribution in [0.5, 0.6) is 0 Å². The molecule has 2 rings (SSSR count). The zero-order valence-corrected chi connectivity index (χ0v) is 9.83. The van der Waals surface area contributed by atoms with Gasteiger partial charge in [-0.2, -0.15) is 0 Å². The zero-order chi connectivity index (χ0) is 11.1. The lowest BCUT2D eigenvalue weighted by atomic mass is 9.94. The van der Waals surface area contributed by atoms with Crippen molar-refractivity contribution in [1.29, 1.82) is 0 Å². The van der Waals surface area contributed by atoms with Crippen molar-refractivity contribution in [1.82, 2.24) is 0 Å². The fourth-order valence-corrected chi connectivity index (χ4v) is 2.87. The van der Waals surface area contributed by atoms with Gasteiger partial charge in [0.15, 0.2) is 0 Å². The SMILES string of the molecule is C=C(OC1CC2(O)CCC1C2)C(C)CC. The van der Waals surface area contributed by atoms with E-state index in [1.807, 2.05) is 0 Å². The van der Waals surface area contributed by atoms with Crippen molar-refractivity contribution in [2.75, 3.05) is 0 Å². The van der Waals surface area contributed by atoms with E-state index < -0.39 is 5.60 Å². The Bertz CT molecular complexity index is 261. The minimum absolute atomic E-state index is 0.227. The molecule has 0 aromatic rings. The zero-order valence-electron chi connectivity index (χ0n) is 9.83. The van der Waals surface area contributed by atoms with E-state index in [1.165, 1.54) is 0 Å². The van der Waals surface area contributed by atoms with Gasteiger partial charge in [0, 0.05) is 12.3 Å². The van der Waals surface area contributed by atoms with Crippen molar-refractivity contribution in [3.8, 4) is 0 Å². The maximum atomic E-state index is 10.1. The van der Waals surface area contributed by atoms with Crippen LogP contribution < -0.4 is 0 Å². The number of allylic oxidation sites excluding steroid dienone is 1. The van der Waals surface area contributed by atoms with Crippen LogP contribution in [0.25, 0.3) is 0 Å². The van der Waals surface area contributed by atoms with Crippen LogP contribution in [0.4, 0.5) is 0 Å². The van der Waals surface area contributed by atoms with Crippen molar-refractivity contribution >= 4 is 0 Å². The third-order valence-corrected chi connectivity index (χ3v) is 4.19. The normalized spacial score (nSPS) is 40.5. The van der Waals surface area contributed by atoms with Crippen molar-refractivity contribution in [2.24, 2.45) is 11.8 Å². The summed E-state index contributed by atoms with van der Waals surface area (Å²) in [7, 11) is 0. The molecule has 2 aliphatic carbocycles. The highest BCUT2D eigenvalue weighted by Crippen LogP contribution is 2.49. The fourth-order valence-electron chi connectivity index (χ4n) is 2.87. The summed E-state index contributed by atoms with van der Waals surface area (Å²) in [5, 5.41) is 10.1. The van der Waals surface area contributed by atoms with E-state index in [1.54, 1.807) is 0 Å². The molecular formula is C13H22O2. The highest BCUT2D eigenvalue weighted by atomic mass is 16.5. The molecule has 2 fully saturated rings. The third kappa shape index (κ3) is 2.05. The molecule has 0 aromatic heterocycles. The van der Waals surface area contributed by atoms with E-state index >= 15 is 0 Å². The molecule has 86 valence electrons. The van der Waals surface area contributed by atoms with Gasteiger partial charge in [0.1, 0.15) is 6.10 Å². The summed E-state index contributed by atoms with van der Waals surface area (Å²) < 4.78 is 5.91. The monoisotopic (exact) mass is 210 g/mol. The summed E-state index contributed by atoms with van der Waals surface area (Å²) in [6.45, 7) is 8.28. The predicted octanol–water partition coefficient (Wildman–Crippen LogP) is 2.87. The second-order valence-corrected chi connectivity index (χ2v) is 5.36. The molecule has 4 unspecified atom stereocenters. The molecule has 4 atom stereocenters. The molecule has 2 aliphatic rings. The molecule has 2 bridgehead atoms. The Morgan fingerprint density at radius 3 is 2.80 bits per heavy atom. The number of hydrogen-bond donors (Lipinski definition) is 1. The summed E-state index contributed by atoms with van der Waals surface area (Å²) in [4.78, 5) is 0. The number of hydrogen-bond acceptors (Lipinski definition) is 2. The van der Waals surface area contributed by atoms with Crippen LogP contribution in [0.3, 0.4) is 0 Å². The van der Waals surface area contributed by atoms with E-state index in [4.69, 9.17) is 4.74 Å². The molecular weight excluding hydrogens is 188 g/mol. The first-order valence-electron chi connectivity index (χ1n) is 6.12. The lowest BCUT2D eigenvalue weighted by Gasteiger charge is -2.28. The smallest absolute Gasteiger partial charge is 0.104 e. The first-order valence-corrected chi connectivity index (χ1v) is 6.12. The maximum absolute atomic E-state index is 10.1. The Morgan fingerprint density at radius 2 is 2.33 bits per heavy atom. The highest BCUT2D eigenvalue weighted by molar-refractivity contribution is 5.04. The van der Waals surface area contributed by atoms with Gasteiger partial charge in [0.25, 0.3) is 0 Å². The average Bonchev–Trinajstić information content (AvgIpc) is 2.71. The standard InChI is InChI=1S/C13H22O2/c1-4-9(2)10(3)15-12-8-13(14)6-5-11(12)7-13/h9,11-12,14H,3-8H2,1-2H3. The van der Waals surface area contributed by atoms with Crippen LogP contribution in [0, 0.1) is 11.8 Å². The minimum atomic E-state index is -0.412. The predicted molar refractivity (Wildman–Crippen MR) is 60.4 cm³/mol. The van der Waals surface area contributed by atoms with Crippen LogP contribution in [-0.2, 0) is 4.74 Å². The second-order valence-electron chi connectivity index (χ2n) is 5.36. The van der Waals surface area contributed by atoms with Gasteiger partial charge in [-0.3, -0.25) is 0 Å². The Morgan fingerprint density at radius 1 is 1.60 bits per heavy atom. The lowest BCUT2D eigenvalue weighted by molar-refractivity contribution is -0.00197. The topological polar surface area (TPSA) is 29.5 Å². The summed E-state index contributed by atoms with van der Waals surface area (Å²) in [6, 6.07) is 0. The molecule has 2 nitrogen and oxygen atoms in total. The van der Waals surface area contributed by atoms with Crippen molar-refractivity contribution in [3.05, 3.63) is 12.3 Å². The van der Waals surface area contributed by atoms with Crippen LogP contribution >= 0.6 is 0 Å². The van der Waals surface area contributed by atoms with Crippen LogP contribution in [0.15, 0.2) is 12.3 Å². The van der Waals surface area contributed by atoms with Gasteiger partial charge < -0.3 is 9.84 Å². The van der Waals surface area contributed by atoms with Crippen molar-refractivity contribution in [3.63, 3.8) is 0 Å². The molecule has 0 aromatic carbocycles. The first-order chi connectivity index (χ1) is 7.04. The number of aliphatic hydroxyl groups is 1. The maximum Gasteiger partial charge on any atom is 0.104 e. The molecule has 0 aliphatic heterocycles. The molecule has 0 heterocycles. The summed E-state index contributed by atoms with van der Waals surface area (Å²) in [5.74, 6) is 1.90. The molecule has 2 heteroatoms. The number of fused-ring (bicyclic) bond motifs is 2. The summed E-state index contributed by atoms with van der Waals surface area (Å²) in [6.07, 6.45) is 5.13. The van der Waals surface area contributed by atoms with Gasteiger partial charge in [0.05, 0.1) is 11.4 Å². The molecule has 0 amide bonds. The Hall–Kier alpha value is -0.500. The van der Waals surface area contributed by atoms with Crippen LogP contribution in [-0.4, -0.2) is 16.8 Å². The summed E-state index contributed by atoms with van der Waals surface area (Å²) in [5.41, 5.74) is -0.412. The van der Waals surface area contributed by atoms with E-state index in [2.05, 4.69) is 20.4 Å². The number of ether oxygens (including phenoxy) is 1. The van der Waals surface area contributed by atoms with E-state index in [9.17, 15) is 5.11 Å². The van der Waals surface area contributed by atoms with Crippen molar-refractivity contribution in [2.45, 2.75) is 57.7 Å². The molecule has 2 saturated carbocycles. The van der Waals surface area contributed by atoms with Gasteiger partial charge in [0.2, 0.25) is 0 Å². The highest BCUT2D eigenvalue weighted by Gasteiger charge is 2.50. The Kier molecular flexibility index (Phi) is 2.80. The Balaban J connectivity index is 1.90. The quantitative estimate of drug-likeness (QED) is 0.723. The van der Waals surface area contributed by atoms with Gasteiger partial charge >= 0.3 is 0 Å². The van der Waals surface area contributed by atoms with E-state index in [0.29, 0.717) is 11.8 Å². The minimum Gasteiger partial charge on any atom is -0.495 e. The average molecular weight is 210 g/mol. The molecule has 1 N–H and O–H groups in total. The third-order valence-electron chi connectivity index (χ3n) is 4.19. The number of rotatable bonds is 4. The fraction of sp³-hybridized carbons (Fsp3) is 0.846. The summed E-state index contributed by atoms with van der Waals surface area (Å²) >= 11 is 0. The molecule has 0 spiro atoms. The van der Waals surface area contributed by atoms with Crippen LogP contribution in [0.1, 0.15) is 46.0 Å². The van der Waals surface area contributed by atoms with Gasteiger partial charge in [-0.15, -0.1) is 0 Å². The van der Waals surface area contributed by atoms with Gasteiger partial charge in [-0.25, -0.2) is 0 Å². The largest absolute Gasteiger partial charge is 0.495 e. The van der Waals surface area contributed by atoms with Gasteiger partial charge in [-0.1, -0.05) is 20.4 Å². The second kappa shape index (κ2) is 3.82. The van der Waals surface area contributed by atoms with Crippen molar-refractivity contribution < 1.29 is 9.84 Å². The molecule has 0 saturated heterocycles. The lowest BCUT2D eigenvalue weighted by Crippen LogP contribution is -2.28. The Labute approximate surface area is 92.3 Å². The van der Waals surface area contributed by atoms with Crippen LogP contribution in [0.2, 0.25) is 0 Å². The first kappa shape index (κ1) is 11.0. The van der Waals surface area contributed by atoms with Gasteiger partial charge in [-0.05, 0) is 31.6 Å². The molecule has 0 radical (unpaired) electrons. The molecule has 15 heavy (non-hydrogen) atoms. The van der Waals surface area contributed by atoms with E-state index in [0.717, 1.165) is 37.9 Å². The van der Waals surface area contributed by atoms with E-state index in [-0.39, 0.29) is 6.10 Å².